The molecule has 1 atom stereocenters. The molecule has 6 nitrogen and oxygen atoms in total. The maximum atomic E-state index is 13.1. The Balaban J connectivity index is 1.43. The van der Waals surface area contributed by atoms with Crippen LogP contribution in [-0.2, 0) is 14.4 Å². The summed E-state index contributed by atoms with van der Waals surface area (Å²) in [5.74, 6) is 0.00928. The van der Waals surface area contributed by atoms with Crippen LogP contribution in [-0.4, -0.2) is 56.0 Å². The molecule has 6 heteroatoms. The van der Waals surface area contributed by atoms with Gasteiger partial charge in [0.25, 0.3) is 5.91 Å². The summed E-state index contributed by atoms with van der Waals surface area (Å²) >= 11 is 0. The smallest absolute Gasteiger partial charge is 0.257 e. The van der Waals surface area contributed by atoms with Gasteiger partial charge in [-0.25, -0.2) is 0 Å². The van der Waals surface area contributed by atoms with Gasteiger partial charge in [-0.1, -0.05) is 53.7 Å². The maximum absolute atomic E-state index is 13.1. The number of para-hydroxylation sites is 1. The number of morpholine rings is 1. The summed E-state index contributed by atoms with van der Waals surface area (Å²) in [6.45, 7) is 9.03. The number of amides is 1. The first kappa shape index (κ1) is 22.2. The van der Waals surface area contributed by atoms with Crippen molar-refractivity contribution < 1.29 is 14.4 Å². The van der Waals surface area contributed by atoms with E-state index in [1.54, 1.807) is 0 Å². The molecule has 0 aromatic heterocycles. The van der Waals surface area contributed by atoms with Crippen LogP contribution in [0.25, 0.3) is 0 Å². The Morgan fingerprint density at radius 2 is 1.84 bits per heavy atom. The molecule has 2 aromatic rings. The van der Waals surface area contributed by atoms with Crippen molar-refractivity contribution in [3.05, 3.63) is 77.4 Å². The van der Waals surface area contributed by atoms with Crippen LogP contribution < -0.4 is 4.90 Å². The van der Waals surface area contributed by atoms with Crippen LogP contribution in [0.5, 0.6) is 0 Å². The first-order chi connectivity index (χ1) is 15.6. The van der Waals surface area contributed by atoms with Gasteiger partial charge < -0.3 is 9.57 Å². The number of carbonyl (C=O) groups excluding carboxylic acids is 1. The maximum Gasteiger partial charge on any atom is 0.257 e. The molecule has 2 saturated heterocycles. The Hall–Kier alpha value is -2.96. The molecule has 0 saturated carbocycles. The van der Waals surface area contributed by atoms with E-state index in [2.05, 4.69) is 22.2 Å². The normalized spacial score (nSPS) is 21.0. The second-order valence-electron chi connectivity index (χ2n) is 8.25. The minimum Gasteiger partial charge on any atom is -0.396 e. The third kappa shape index (κ3) is 5.09. The summed E-state index contributed by atoms with van der Waals surface area (Å²) in [6, 6.07) is 18.0. The number of hydrogen-bond acceptors (Lipinski definition) is 5. The van der Waals surface area contributed by atoms with Crippen LogP contribution in [0.3, 0.4) is 0 Å². The number of carbonyl (C=O) groups is 1. The molecule has 2 heterocycles. The van der Waals surface area contributed by atoms with Gasteiger partial charge >= 0.3 is 0 Å². The van der Waals surface area contributed by atoms with Gasteiger partial charge in [-0.2, -0.15) is 0 Å². The molecule has 1 amide bonds. The second-order valence-corrected chi connectivity index (χ2v) is 8.25. The lowest BCUT2D eigenvalue weighted by Crippen LogP contribution is -2.49. The molecule has 2 aliphatic heterocycles. The summed E-state index contributed by atoms with van der Waals surface area (Å²) < 4.78 is 5.37. The quantitative estimate of drug-likeness (QED) is 0.207. The highest BCUT2D eigenvalue weighted by molar-refractivity contribution is 6.18. The zero-order chi connectivity index (χ0) is 22.3. The number of nitrogens with zero attached hydrogens (tertiary/aromatic N) is 3. The average Bonchev–Trinajstić information content (AvgIpc) is 2.82. The molecule has 2 aromatic carbocycles. The van der Waals surface area contributed by atoms with E-state index >= 15 is 0 Å². The van der Waals surface area contributed by atoms with Crippen LogP contribution in [0.2, 0.25) is 0 Å². The van der Waals surface area contributed by atoms with Gasteiger partial charge in [0.05, 0.1) is 25.0 Å². The van der Waals surface area contributed by atoms with Gasteiger partial charge in [-0.05, 0) is 43.5 Å². The molecule has 0 aliphatic carbocycles. The summed E-state index contributed by atoms with van der Waals surface area (Å²) in [4.78, 5) is 22.9. The summed E-state index contributed by atoms with van der Waals surface area (Å²) in [7, 11) is 0. The fraction of sp³-hybridized carbons (Fsp3) is 0.385. The first-order valence-corrected chi connectivity index (χ1v) is 11.3. The standard InChI is InChI=1S/C26H31N3O3/c1-20-9-6-7-12-24(20)29-25(22-10-4-3-5-11-22)23(26(29)30)19-21(2)27-32-16-8-13-28-14-17-31-18-15-28/h3-7,9-12,19,25H,8,13-18H2,1-2H3/b23-19+,27-21+. The highest BCUT2D eigenvalue weighted by atomic mass is 16.6. The lowest BCUT2D eigenvalue weighted by atomic mass is 9.86. The molecular weight excluding hydrogens is 402 g/mol. The Bertz CT molecular complexity index is 981. The number of aryl methyl sites for hydroxylation is 1. The van der Waals surface area contributed by atoms with E-state index in [1.165, 1.54) is 0 Å². The number of rotatable bonds is 8. The van der Waals surface area contributed by atoms with E-state index in [9.17, 15) is 4.79 Å². The zero-order valence-electron chi connectivity index (χ0n) is 18.9. The highest BCUT2D eigenvalue weighted by Crippen LogP contribution is 2.44. The zero-order valence-corrected chi connectivity index (χ0v) is 18.9. The van der Waals surface area contributed by atoms with Crippen molar-refractivity contribution in [2.24, 2.45) is 5.16 Å². The van der Waals surface area contributed by atoms with Crippen LogP contribution in [0.15, 0.2) is 71.4 Å². The second kappa shape index (κ2) is 10.6. The lowest BCUT2D eigenvalue weighted by molar-refractivity contribution is -0.119. The van der Waals surface area contributed by atoms with Crippen molar-refractivity contribution >= 4 is 17.3 Å². The Labute approximate surface area is 190 Å². The van der Waals surface area contributed by atoms with E-state index in [0.29, 0.717) is 12.3 Å². The van der Waals surface area contributed by atoms with Crippen LogP contribution in [0.4, 0.5) is 5.69 Å². The van der Waals surface area contributed by atoms with E-state index in [4.69, 9.17) is 9.57 Å². The summed E-state index contributed by atoms with van der Waals surface area (Å²) in [5.41, 5.74) is 4.54. The molecule has 0 N–H and O–H groups in total. The predicted molar refractivity (Wildman–Crippen MR) is 127 cm³/mol. The molecule has 168 valence electrons. The summed E-state index contributed by atoms with van der Waals surface area (Å²) in [6.07, 6.45) is 2.77. The Morgan fingerprint density at radius 3 is 2.59 bits per heavy atom. The van der Waals surface area contributed by atoms with Crippen LogP contribution >= 0.6 is 0 Å². The first-order valence-electron chi connectivity index (χ1n) is 11.3. The largest absolute Gasteiger partial charge is 0.396 e. The topological polar surface area (TPSA) is 54.4 Å². The van der Waals surface area contributed by atoms with E-state index in [0.717, 1.165) is 61.7 Å². The Kier molecular flexibility index (Phi) is 7.35. The third-order valence-electron chi connectivity index (χ3n) is 5.90. The monoisotopic (exact) mass is 433 g/mol. The number of hydrogen-bond donors (Lipinski definition) is 0. The molecule has 2 fully saturated rings. The minimum absolute atomic E-state index is 0.00928. The SMILES string of the molecule is CC(/C=C1/C(=O)N(c2ccccc2C)C1c1ccccc1)=N\OCCCN1CCOCC1. The van der Waals surface area contributed by atoms with Crippen molar-refractivity contribution in [2.45, 2.75) is 26.3 Å². The van der Waals surface area contributed by atoms with Gasteiger partial charge in [0.15, 0.2) is 0 Å². The fourth-order valence-electron chi connectivity index (χ4n) is 4.21. The van der Waals surface area contributed by atoms with E-state index in [-0.39, 0.29) is 11.9 Å². The number of β-lactam (4-membered cyclic amide) rings is 1. The number of oxime groups is 1. The number of ether oxygens (including phenoxy) is 1. The highest BCUT2D eigenvalue weighted by Gasteiger charge is 2.44. The number of anilines is 1. The molecule has 32 heavy (non-hydrogen) atoms. The number of benzene rings is 2. The van der Waals surface area contributed by atoms with Crippen molar-refractivity contribution in [1.82, 2.24) is 4.90 Å². The minimum atomic E-state index is -0.128. The predicted octanol–water partition coefficient (Wildman–Crippen LogP) is 4.12. The molecule has 0 bridgehead atoms. The Morgan fingerprint density at radius 1 is 1.12 bits per heavy atom. The fourth-order valence-corrected chi connectivity index (χ4v) is 4.21. The van der Waals surface area contributed by atoms with Crippen LogP contribution in [0.1, 0.15) is 30.5 Å². The van der Waals surface area contributed by atoms with E-state index < -0.39 is 0 Å². The van der Waals surface area contributed by atoms with Crippen molar-refractivity contribution in [3.8, 4) is 0 Å². The van der Waals surface area contributed by atoms with Gasteiger partial charge in [-0.3, -0.25) is 14.6 Å². The third-order valence-corrected chi connectivity index (χ3v) is 5.90. The molecule has 1 unspecified atom stereocenters. The van der Waals surface area contributed by atoms with Gasteiger partial charge in [0, 0.05) is 30.9 Å². The molecule has 4 rings (SSSR count). The molecule has 2 aliphatic rings. The van der Waals surface area contributed by atoms with Crippen molar-refractivity contribution in [2.75, 3.05) is 44.4 Å². The van der Waals surface area contributed by atoms with Crippen molar-refractivity contribution in [1.29, 1.82) is 0 Å². The van der Waals surface area contributed by atoms with Gasteiger partial charge in [0.1, 0.15) is 6.61 Å². The average molecular weight is 434 g/mol. The van der Waals surface area contributed by atoms with Gasteiger partial charge in [-0.15, -0.1) is 0 Å². The van der Waals surface area contributed by atoms with Crippen molar-refractivity contribution in [3.63, 3.8) is 0 Å². The van der Waals surface area contributed by atoms with E-state index in [1.807, 2.05) is 67.3 Å². The number of allylic oxidation sites excluding steroid dienone is 1. The molecular formula is C26H31N3O3. The van der Waals surface area contributed by atoms with Gasteiger partial charge in [0.2, 0.25) is 0 Å². The van der Waals surface area contributed by atoms with Crippen LogP contribution in [0, 0.1) is 6.92 Å². The molecule has 0 radical (unpaired) electrons. The lowest BCUT2D eigenvalue weighted by Gasteiger charge is -2.43. The summed E-state index contributed by atoms with van der Waals surface area (Å²) in [5, 5.41) is 4.23. The molecule has 0 spiro atoms.